The molecule has 0 unspecified atom stereocenters. The van der Waals surface area contributed by atoms with Crippen molar-refractivity contribution in [1.82, 2.24) is 9.80 Å². The number of thiocarbonyl (C=S) groups is 1. The summed E-state index contributed by atoms with van der Waals surface area (Å²) in [5, 5.41) is 9.04. The fourth-order valence-electron chi connectivity index (χ4n) is 3.77. The van der Waals surface area contributed by atoms with Gasteiger partial charge in [-0.15, -0.1) is 0 Å². The van der Waals surface area contributed by atoms with Crippen molar-refractivity contribution in [3.05, 3.63) is 47.5 Å². The van der Waals surface area contributed by atoms with E-state index in [0.717, 1.165) is 50.9 Å². The standard InChI is InChI=1S/C22H31F3N2OS/c1-3-27(15-16-28)14-4-5-17-6-12-20(13-7-17)26(2)21(29)18-8-10-19(11-9-18)22(23,24)25/h4-5,8-11,17,20,28H,3,6-7,12-16H2,1-2H3/b5-4+. The van der Waals surface area contributed by atoms with Crippen LogP contribution in [0.2, 0.25) is 0 Å². The zero-order valence-corrected chi connectivity index (χ0v) is 18.0. The van der Waals surface area contributed by atoms with Gasteiger partial charge >= 0.3 is 6.18 Å². The Morgan fingerprint density at radius 2 is 1.79 bits per heavy atom. The first-order valence-corrected chi connectivity index (χ1v) is 10.6. The van der Waals surface area contributed by atoms with Crippen LogP contribution in [0.3, 0.4) is 0 Å². The van der Waals surface area contributed by atoms with E-state index < -0.39 is 11.7 Å². The fourth-order valence-corrected chi connectivity index (χ4v) is 4.06. The number of halogens is 3. The highest BCUT2D eigenvalue weighted by Crippen LogP contribution is 2.31. The van der Waals surface area contributed by atoms with Gasteiger partial charge in [0.25, 0.3) is 0 Å². The molecule has 1 N–H and O–H groups in total. The molecule has 0 saturated heterocycles. The largest absolute Gasteiger partial charge is 0.416 e. The molecule has 1 saturated carbocycles. The Hall–Kier alpha value is -1.44. The predicted molar refractivity (Wildman–Crippen MR) is 115 cm³/mol. The van der Waals surface area contributed by atoms with Gasteiger partial charge in [0.2, 0.25) is 0 Å². The van der Waals surface area contributed by atoms with Crippen LogP contribution >= 0.6 is 12.2 Å². The maximum absolute atomic E-state index is 12.7. The monoisotopic (exact) mass is 428 g/mol. The van der Waals surface area contributed by atoms with E-state index in [1.54, 1.807) is 0 Å². The van der Waals surface area contributed by atoms with Crippen LogP contribution in [0.4, 0.5) is 13.2 Å². The molecule has 7 heteroatoms. The van der Waals surface area contributed by atoms with Crippen molar-refractivity contribution in [3.63, 3.8) is 0 Å². The fraction of sp³-hybridized carbons (Fsp3) is 0.591. The van der Waals surface area contributed by atoms with Gasteiger partial charge in [-0.25, -0.2) is 0 Å². The topological polar surface area (TPSA) is 26.7 Å². The molecule has 3 nitrogen and oxygen atoms in total. The summed E-state index contributed by atoms with van der Waals surface area (Å²) < 4.78 is 38.2. The van der Waals surface area contributed by atoms with E-state index >= 15 is 0 Å². The number of allylic oxidation sites excluding steroid dienone is 1. The Morgan fingerprint density at radius 3 is 2.31 bits per heavy atom. The van der Waals surface area contributed by atoms with Crippen LogP contribution in [0, 0.1) is 5.92 Å². The summed E-state index contributed by atoms with van der Waals surface area (Å²) in [6.45, 7) is 4.74. The predicted octanol–water partition coefficient (Wildman–Crippen LogP) is 4.74. The van der Waals surface area contributed by atoms with Crippen LogP contribution in [0.25, 0.3) is 0 Å². The van der Waals surface area contributed by atoms with Gasteiger partial charge in [-0.1, -0.05) is 43.4 Å². The molecule has 162 valence electrons. The molecule has 2 rings (SSSR count). The maximum Gasteiger partial charge on any atom is 0.416 e. The van der Waals surface area contributed by atoms with E-state index in [-0.39, 0.29) is 6.61 Å². The van der Waals surface area contributed by atoms with E-state index in [1.807, 2.05) is 11.9 Å². The molecule has 0 aliphatic heterocycles. The Bertz CT molecular complexity index is 668. The molecule has 0 radical (unpaired) electrons. The summed E-state index contributed by atoms with van der Waals surface area (Å²) in [5.74, 6) is 0.548. The molecule has 0 atom stereocenters. The van der Waals surface area contributed by atoms with Gasteiger partial charge in [0, 0.05) is 31.7 Å². The van der Waals surface area contributed by atoms with Gasteiger partial charge in [0.1, 0.15) is 4.99 Å². The Balaban J connectivity index is 1.84. The summed E-state index contributed by atoms with van der Waals surface area (Å²) in [4.78, 5) is 4.83. The number of nitrogens with zero attached hydrogens (tertiary/aromatic N) is 2. The third-order valence-corrected chi connectivity index (χ3v) is 6.23. The zero-order chi connectivity index (χ0) is 21.4. The van der Waals surface area contributed by atoms with Crippen molar-refractivity contribution >= 4 is 17.2 Å². The molecule has 1 aliphatic rings. The molecular formula is C22H31F3N2OS. The Morgan fingerprint density at radius 1 is 1.17 bits per heavy atom. The van der Waals surface area contributed by atoms with E-state index in [4.69, 9.17) is 17.3 Å². The highest BCUT2D eigenvalue weighted by atomic mass is 32.1. The number of alkyl halides is 3. The van der Waals surface area contributed by atoms with Crippen LogP contribution in [-0.2, 0) is 6.18 Å². The normalized spacial score (nSPS) is 20.4. The molecule has 0 bridgehead atoms. The summed E-state index contributed by atoms with van der Waals surface area (Å²) in [7, 11) is 1.94. The van der Waals surface area contributed by atoms with Crippen LogP contribution in [-0.4, -0.2) is 59.2 Å². The maximum atomic E-state index is 12.7. The van der Waals surface area contributed by atoms with Crippen molar-refractivity contribution in [1.29, 1.82) is 0 Å². The van der Waals surface area contributed by atoms with Crippen LogP contribution in [0.15, 0.2) is 36.4 Å². The quantitative estimate of drug-likeness (QED) is 0.478. The van der Waals surface area contributed by atoms with Gasteiger partial charge in [-0.3, -0.25) is 4.90 Å². The van der Waals surface area contributed by atoms with Crippen molar-refractivity contribution < 1.29 is 18.3 Å². The number of hydrogen-bond acceptors (Lipinski definition) is 3. The second-order valence-corrected chi connectivity index (χ2v) is 7.99. The summed E-state index contributed by atoms with van der Waals surface area (Å²) in [6.07, 6.45) is 4.33. The second-order valence-electron chi connectivity index (χ2n) is 7.60. The Labute approximate surface area is 177 Å². The van der Waals surface area contributed by atoms with Crippen molar-refractivity contribution in [2.24, 2.45) is 5.92 Å². The van der Waals surface area contributed by atoms with Gasteiger partial charge < -0.3 is 10.0 Å². The zero-order valence-electron chi connectivity index (χ0n) is 17.2. The van der Waals surface area contributed by atoms with Crippen LogP contribution in [0.5, 0.6) is 0 Å². The van der Waals surface area contributed by atoms with Crippen LogP contribution in [0.1, 0.15) is 43.7 Å². The number of hydrogen-bond donors (Lipinski definition) is 1. The minimum atomic E-state index is -4.33. The van der Waals surface area contributed by atoms with Gasteiger partial charge in [0.15, 0.2) is 0 Å². The molecule has 0 spiro atoms. The average Bonchev–Trinajstić information content (AvgIpc) is 2.72. The summed E-state index contributed by atoms with van der Waals surface area (Å²) in [5.41, 5.74) is 0.000635. The SMILES string of the molecule is CCN(C/C=C/C1CCC(N(C)C(=S)c2ccc(C(F)(F)F)cc2)CC1)CCO. The smallest absolute Gasteiger partial charge is 0.395 e. The van der Waals surface area contributed by atoms with E-state index in [2.05, 4.69) is 24.0 Å². The molecule has 0 heterocycles. The number of aliphatic hydroxyl groups is 1. The van der Waals surface area contributed by atoms with Gasteiger partial charge in [-0.05, 0) is 50.3 Å². The second kappa shape index (κ2) is 11.1. The van der Waals surface area contributed by atoms with E-state index in [1.165, 1.54) is 12.1 Å². The lowest BCUT2D eigenvalue weighted by Crippen LogP contribution is -2.38. The van der Waals surface area contributed by atoms with Crippen LogP contribution < -0.4 is 0 Å². The lowest BCUT2D eigenvalue weighted by molar-refractivity contribution is -0.137. The third-order valence-electron chi connectivity index (χ3n) is 5.70. The highest BCUT2D eigenvalue weighted by molar-refractivity contribution is 7.80. The van der Waals surface area contributed by atoms with E-state index in [9.17, 15) is 13.2 Å². The number of benzene rings is 1. The minimum absolute atomic E-state index is 0.179. The third kappa shape index (κ3) is 7.08. The first kappa shape index (κ1) is 23.8. The lowest BCUT2D eigenvalue weighted by atomic mass is 9.85. The molecule has 0 amide bonds. The Kier molecular flexibility index (Phi) is 9.11. The minimum Gasteiger partial charge on any atom is -0.395 e. The first-order chi connectivity index (χ1) is 13.8. The average molecular weight is 429 g/mol. The van der Waals surface area contributed by atoms with Gasteiger partial charge in [-0.2, -0.15) is 13.2 Å². The summed E-state index contributed by atoms with van der Waals surface area (Å²) in [6, 6.07) is 5.42. The molecule has 1 fully saturated rings. The lowest BCUT2D eigenvalue weighted by Gasteiger charge is -2.35. The van der Waals surface area contributed by atoms with Crippen molar-refractivity contribution in [2.45, 2.75) is 44.8 Å². The van der Waals surface area contributed by atoms with Gasteiger partial charge in [0.05, 0.1) is 12.2 Å². The molecular weight excluding hydrogens is 397 g/mol. The number of aliphatic hydroxyl groups excluding tert-OH is 1. The number of likely N-dealkylation sites (N-methyl/N-ethyl adjacent to an activating group) is 1. The molecule has 29 heavy (non-hydrogen) atoms. The first-order valence-electron chi connectivity index (χ1n) is 10.2. The highest BCUT2D eigenvalue weighted by Gasteiger charge is 2.30. The molecule has 0 aromatic heterocycles. The van der Waals surface area contributed by atoms with Crippen molar-refractivity contribution in [2.75, 3.05) is 33.3 Å². The molecule has 1 aromatic carbocycles. The van der Waals surface area contributed by atoms with Crippen molar-refractivity contribution in [3.8, 4) is 0 Å². The number of rotatable bonds is 8. The molecule has 1 aromatic rings. The summed E-state index contributed by atoms with van der Waals surface area (Å²) >= 11 is 5.53. The van der Waals surface area contributed by atoms with E-state index in [0.29, 0.717) is 29.1 Å². The molecule has 1 aliphatic carbocycles.